The number of hydrogen-bond donors (Lipinski definition) is 1. The van der Waals surface area contributed by atoms with Gasteiger partial charge in [-0.25, -0.2) is 28.0 Å². The van der Waals surface area contributed by atoms with Crippen LogP contribution in [0.5, 0.6) is 21.6 Å². The summed E-state index contributed by atoms with van der Waals surface area (Å²) in [5.74, 6) is 0.398. The highest BCUT2D eigenvalue weighted by Crippen LogP contribution is 2.37. The van der Waals surface area contributed by atoms with Gasteiger partial charge in [0.1, 0.15) is 22.3 Å². The molecule has 2 heterocycles. The summed E-state index contributed by atoms with van der Waals surface area (Å²) in [5, 5.41) is 2.17. The van der Waals surface area contributed by atoms with E-state index in [1.54, 1.807) is 79.0 Å². The first-order chi connectivity index (χ1) is 25.4. The van der Waals surface area contributed by atoms with Crippen molar-refractivity contribution in [2.45, 2.75) is 49.3 Å². The first kappa shape index (κ1) is 39.1. The second kappa shape index (κ2) is 18.1. The molecule has 2 aromatic heterocycles. The summed E-state index contributed by atoms with van der Waals surface area (Å²) in [5.41, 5.74) is 7.14. The number of rotatable bonds is 13. The lowest BCUT2D eigenvalue weighted by molar-refractivity contribution is -0.120. The summed E-state index contributed by atoms with van der Waals surface area (Å²) >= 11 is 2.52. The van der Waals surface area contributed by atoms with Gasteiger partial charge in [-0.15, -0.1) is 0 Å². The molecule has 2 N–H and O–H groups in total. The van der Waals surface area contributed by atoms with Gasteiger partial charge in [-0.1, -0.05) is 72.6 Å². The maximum Gasteiger partial charge on any atom is 0.337 e. The van der Waals surface area contributed by atoms with Crippen LogP contribution in [0.4, 0.5) is 5.13 Å². The average Bonchev–Trinajstić information content (AvgIpc) is 3.93. The van der Waals surface area contributed by atoms with E-state index in [1.165, 1.54) is 62.2 Å². The normalized spacial score (nSPS) is 13.3. The largest absolute Gasteiger partial charge is 0.465 e. The molecule has 15 heteroatoms. The lowest BCUT2D eigenvalue weighted by Gasteiger charge is -2.20. The minimum Gasteiger partial charge on any atom is -0.465 e. The van der Waals surface area contributed by atoms with Crippen molar-refractivity contribution in [2.75, 3.05) is 26.2 Å². The Labute approximate surface area is 315 Å². The smallest absolute Gasteiger partial charge is 0.337 e. The monoisotopic (exact) mass is 777 g/mol. The van der Waals surface area contributed by atoms with Crippen LogP contribution in [0, 0.1) is 5.92 Å². The molecule has 0 saturated heterocycles. The number of hydrogen-bond acceptors (Lipinski definition) is 14. The Kier molecular flexibility index (Phi) is 13.3. The molecule has 0 aliphatic heterocycles. The number of nitrogens with two attached hydrogens (primary N) is 1. The number of sulfone groups is 1. The fourth-order valence-corrected chi connectivity index (χ4v) is 7.82. The van der Waals surface area contributed by atoms with Gasteiger partial charge < -0.3 is 24.7 Å². The van der Waals surface area contributed by atoms with Crippen molar-refractivity contribution in [1.82, 2.24) is 9.97 Å². The maximum absolute atomic E-state index is 13.5. The van der Waals surface area contributed by atoms with E-state index in [4.69, 9.17) is 19.9 Å². The number of thiazole rings is 2. The SMILES string of the molecule is COC(=O)c1cccc(Oc2cnc(CC(=O)[C@H](CC3CCCC3)c3ccc(S(C)(=O)=O)cc3)s2)c1.COC(=O)c1cccc(Oc2cnc(N)s2)c1. The molecule has 12 nitrogen and oxygen atoms in total. The molecular formula is C38H39N3O9S3. The summed E-state index contributed by atoms with van der Waals surface area (Å²) < 4.78 is 44.4. The van der Waals surface area contributed by atoms with Crippen molar-refractivity contribution in [3.63, 3.8) is 0 Å². The topological polar surface area (TPSA) is 174 Å². The van der Waals surface area contributed by atoms with Crippen LogP contribution in [0.2, 0.25) is 0 Å². The van der Waals surface area contributed by atoms with Gasteiger partial charge in [0.05, 0.1) is 49.1 Å². The zero-order valence-electron chi connectivity index (χ0n) is 29.4. The molecule has 53 heavy (non-hydrogen) atoms. The van der Waals surface area contributed by atoms with E-state index in [9.17, 15) is 22.8 Å². The molecule has 278 valence electrons. The first-order valence-corrected chi connectivity index (χ1v) is 20.2. The number of carbonyl (C=O) groups is 3. The van der Waals surface area contributed by atoms with Gasteiger partial charge in [0, 0.05) is 12.2 Å². The minimum atomic E-state index is -3.30. The van der Waals surface area contributed by atoms with Gasteiger partial charge in [0.25, 0.3) is 0 Å². The van der Waals surface area contributed by atoms with Crippen molar-refractivity contribution in [2.24, 2.45) is 5.92 Å². The van der Waals surface area contributed by atoms with Gasteiger partial charge >= 0.3 is 11.9 Å². The Morgan fingerprint density at radius 2 is 1.36 bits per heavy atom. The molecule has 0 bridgehead atoms. The van der Waals surface area contributed by atoms with Crippen molar-refractivity contribution in [3.05, 3.63) is 107 Å². The molecule has 1 saturated carbocycles. The summed E-state index contributed by atoms with van der Waals surface area (Å²) in [7, 11) is -0.647. The maximum atomic E-state index is 13.5. The quantitative estimate of drug-likeness (QED) is 0.115. The van der Waals surface area contributed by atoms with Gasteiger partial charge in [-0.05, 0) is 66.4 Å². The second-order valence-electron chi connectivity index (χ2n) is 12.3. The highest BCUT2D eigenvalue weighted by Gasteiger charge is 2.28. The van der Waals surface area contributed by atoms with Crippen molar-refractivity contribution in [3.8, 4) is 21.6 Å². The van der Waals surface area contributed by atoms with Crippen LogP contribution in [-0.4, -0.2) is 56.6 Å². The summed E-state index contributed by atoms with van der Waals surface area (Å²) in [4.78, 5) is 45.0. The number of ketones is 1. The van der Waals surface area contributed by atoms with E-state index < -0.39 is 21.8 Å². The van der Waals surface area contributed by atoms with E-state index in [-0.39, 0.29) is 23.0 Å². The molecule has 0 radical (unpaired) electrons. The second-order valence-corrected chi connectivity index (χ2v) is 16.4. The Balaban J connectivity index is 0.000000265. The summed E-state index contributed by atoms with van der Waals surface area (Å²) in [6.45, 7) is 0. The van der Waals surface area contributed by atoms with Crippen LogP contribution >= 0.6 is 22.7 Å². The van der Waals surface area contributed by atoms with Crippen LogP contribution in [0.1, 0.15) is 69.3 Å². The van der Waals surface area contributed by atoms with E-state index in [0.717, 1.165) is 24.8 Å². The molecule has 0 spiro atoms. The molecular weight excluding hydrogens is 739 g/mol. The van der Waals surface area contributed by atoms with Crippen molar-refractivity contribution >= 4 is 55.4 Å². The number of aromatic nitrogens is 2. The number of esters is 2. The molecule has 1 atom stereocenters. The predicted octanol–water partition coefficient (Wildman–Crippen LogP) is 7.91. The molecule has 5 aromatic rings. The third-order valence-corrected chi connectivity index (χ3v) is 11.2. The number of ether oxygens (including phenoxy) is 4. The molecule has 3 aromatic carbocycles. The lowest BCUT2D eigenvalue weighted by Crippen LogP contribution is -2.18. The molecule has 0 unspecified atom stereocenters. The van der Waals surface area contributed by atoms with Crippen LogP contribution in [0.25, 0.3) is 0 Å². The van der Waals surface area contributed by atoms with Crippen LogP contribution in [0.3, 0.4) is 0 Å². The van der Waals surface area contributed by atoms with E-state index in [0.29, 0.717) is 48.8 Å². The van der Waals surface area contributed by atoms with Crippen LogP contribution < -0.4 is 15.2 Å². The van der Waals surface area contributed by atoms with E-state index in [1.807, 2.05) is 0 Å². The van der Waals surface area contributed by atoms with E-state index in [2.05, 4.69) is 14.7 Å². The number of carbonyl (C=O) groups excluding carboxylic acids is 3. The Morgan fingerprint density at radius 1 is 0.811 bits per heavy atom. The standard InChI is InChI=1S/C27H29NO6S2.C11H10N2O3S/c1-33-27(30)20-8-5-9-21(15-20)34-26-17-28-25(35-26)16-24(29)23(14-18-6-3-4-7-18)19-10-12-22(13-11-19)36(2,31)32;1-15-10(14)7-3-2-4-8(5-7)16-9-6-13-11(12)17-9/h5,8-13,15,17-18,23H,3-4,6-7,14,16H2,1-2H3;2-6H,1H3,(H2,12,13)/t23-;/m1./s1. The third-order valence-electron chi connectivity index (χ3n) is 8.45. The molecule has 1 aliphatic carbocycles. The first-order valence-electron chi connectivity index (χ1n) is 16.6. The number of Topliss-reactive ketones (excluding diaryl/α,β-unsaturated/α-hetero) is 1. The highest BCUT2D eigenvalue weighted by molar-refractivity contribution is 7.90. The predicted molar refractivity (Wildman–Crippen MR) is 202 cm³/mol. The Hall–Kier alpha value is -5.12. The van der Waals surface area contributed by atoms with Crippen LogP contribution in [0.15, 0.2) is 90.1 Å². The summed E-state index contributed by atoms with van der Waals surface area (Å²) in [6.07, 6.45) is 9.81. The molecule has 6 rings (SSSR count). The number of methoxy groups -OCH3 is 2. The zero-order chi connectivity index (χ0) is 38.0. The fourth-order valence-electron chi connectivity index (χ4n) is 5.84. The molecule has 0 amide bonds. The van der Waals surface area contributed by atoms with Crippen LogP contribution in [-0.2, 0) is 30.5 Å². The number of anilines is 1. The van der Waals surface area contributed by atoms with Crippen molar-refractivity contribution < 1.29 is 41.7 Å². The van der Waals surface area contributed by atoms with Gasteiger partial charge in [0.2, 0.25) is 10.1 Å². The Morgan fingerprint density at radius 3 is 1.87 bits per heavy atom. The number of benzene rings is 3. The highest BCUT2D eigenvalue weighted by atomic mass is 32.2. The number of nitrogen functional groups attached to an aromatic ring is 1. The average molecular weight is 778 g/mol. The van der Waals surface area contributed by atoms with Gasteiger partial charge in [0.15, 0.2) is 15.0 Å². The minimum absolute atomic E-state index is 0.0580. The fraction of sp³-hybridized carbons (Fsp3) is 0.289. The summed E-state index contributed by atoms with van der Waals surface area (Å²) in [6, 6.07) is 20.1. The third kappa shape index (κ3) is 11.2. The van der Waals surface area contributed by atoms with E-state index >= 15 is 0 Å². The Bertz CT molecular complexity index is 2140. The molecule has 1 aliphatic rings. The molecule has 1 fully saturated rings. The van der Waals surface area contributed by atoms with Crippen molar-refractivity contribution in [1.29, 1.82) is 0 Å². The van der Waals surface area contributed by atoms with Gasteiger partial charge in [-0.2, -0.15) is 0 Å². The number of nitrogens with zero attached hydrogens (tertiary/aromatic N) is 2. The zero-order valence-corrected chi connectivity index (χ0v) is 31.8. The van der Waals surface area contributed by atoms with Gasteiger partial charge in [-0.3, -0.25) is 4.79 Å². The lowest BCUT2D eigenvalue weighted by atomic mass is 9.84.